The number of carbonyl (C=O) groups excluding carboxylic acids is 2. The molecule has 3 rings (SSSR count). The Bertz CT molecular complexity index is 973. The standard InChI is InChI=1S/C20H18Cl2N4O2/c21-16-7-6-15(18(22)10-16)12-26-13-17(11-24-26)25-20(28)19(27)23-9-8-14-4-2-1-3-5-14/h1-7,10-11,13H,8-9,12H2,(H,23,27)(H,25,28). The van der Waals surface area contributed by atoms with Gasteiger partial charge in [0.15, 0.2) is 0 Å². The number of benzene rings is 2. The van der Waals surface area contributed by atoms with Crippen LogP contribution in [0.5, 0.6) is 0 Å². The van der Waals surface area contributed by atoms with Gasteiger partial charge in [-0.05, 0) is 29.7 Å². The third-order valence-corrected chi connectivity index (χ3v) is 4.57. The molecule has 0 radical (unpaired) electrons. The molecule has 0 fully saturated rings. The molecule has 2 N–H and O–H groups in total. The SMILES string of the molecule is O=C(NCCc1ccccc1)C(=O)Nc1cnn(Cc2ccc(Cl)cc2Cl)c1. The molecule has 0 atom stereocenters. The van der Waals surface area contributed by atoms with Gasteiger partial charge in [-0.15, -0.1) is 0 Å². The first-order valence-electron chi connectivity index (χ1n) is 8.61. The van der Waals surface area contributed by atoms with E-state index in [0.29, 0.717) is 35.2 Å². The van der Waals surface area contributed by atoms with Gasteiger partial charge in [-0.1, -0.05) is 59.6 Å². The van der Waals surface area contributed by atoms with Gasteiger partial charge in [-0.2, -0.15) is 5.10 Å². The number of rotatable bonds is 6. The lowest BCUT2D eigenvalue weighted by atomic mass is 10.1. The van der Waals surface area contributed by atoms with E-state index in [9.17, 15) is 9.59 Å². The van der Waals surface area contributed by atoms with Crippen molar-refractivity contribution in [2.24, 2.45) is 0 Å². The molecule has 6 nitrogen and oxygen atoms in total. The highest BCUT2D eigenvalue weighted by Crippen LogP contribution is 2.22. The van der Waals surface area contributed by atoms with Crippen molar-refractivity contribution >= 4 is 40.7 Å². The summed E-state index contributed by atoms with van der Waals surface area (Å²) >= 11 is 12.0. The average Bonchev–Trinajstić information content (AvgIpc) is 3.11. The van der Waals surface area contributed by atoms with Gasteiger partial charge in [0.1, 0.15) is 0 Å². The van der Waals surface area contributed by atoms with Gasteiger partial charge < -0.3 is 10.6 Å². The number of hydrogen-bond donors (Lipinski definition) is 2. The van der Waals surface area contributed by atoms with E-state index in [0.717, 1.165) is 11.1 Å². The van der Waals surface area contributed by atoms with Crippen molar-refractivity contribution in [1.82, 2.24) is 15.1 Å². The van der Waals surface area contributed by atoms with Crippen LogP contribution in [0.1, 0.15) is 11.1 Å². The maximum atomic E-state index is 12.0. The molecule has 1 aromatic heterocycles. The fourth-order valence-electron chi connectivity index (χ4n) is 2.57. The van der Waals surface area contributed by atoms with Gasteiger partial charge in [0.25, 0.3) is 0 Å². The number of nitrogens with one attached hydrogen (secondary N) is 2. The number of anilines is 1. The minimum Gasteiger partial charge on any atom is -0.347 e. The van der Waals surface area contributed by atoms with Crippen LogP contribution in [-0.4, -0.2) is 28.1 Å². The van der Waals surface area contributed by atoms with Gasteiger partial charge in [0, 0.05) is 22.8 Å². The highest BCUT2D eigenvalue weighted by molar-refractivity contribution is 6.39. The highest BCUT2D eigenvalue weighted by atomic mass is 35.5. The lowest BCUT2D eigenvalue weighted by Crippen LogP contribution is -2.36. The Morgan fingerprint density at radius 2 is 1.82 bits per heavy atom. The van der Waals surface area contributed by atoms with E-state index in [2.05, 4.69) is 15.7 Å². The van der Waals surface area contributed by atoms with Gasteiger partial charge >= 0.3 is 11.8 Å². The summed E-state index contributed by atoms with van der Waals surface area (Å²) in [6.45, 7) is 0.791. The van der Waals surface area contributed by atoms with Crippen LogP contribution < -0.4 is 10.6 Å². The highest BCUT2D eigenvalue weighted by Gasteiger charge is 2.14. The molecular weight excluding hydrogens is 399 g/mol. The van der Waals surface area contributed by atoms with Gasteiger partial charge in [-0.25, -0.2) is 0 Å². The Morgan fingerprint density at radius 1 is 1.04 bits per heavy atom. The zero-order chi connectivity index (χ0) is 19.9. The van der Waals surface area contributed by atoms with Gasteiger partial charge in [0.05, 0.1) is 18.4 Å². The second kappa shape index (κ2) is 9.39. The summed E-state index contributed by atoms with van der Waals surface area (Å²) in [4.78, 5) is 23.9. The predicted molar refractivity (Wildman–Crippen MR) is 110 cm³/mol. The zero-order valence-corrected chi connectivity index (χ0v) is 16.4. The number of amides is 2. The van der Waals surface area contributed by atoms with Gasteiger partial charge in [0.2, 0.25) is 0 Å². The summed E-state index contributed by atoms with van der Waals surface area (Å²) in [7, 11) is 0. The summed E-state index contributed by atoms with van der Waals surface area (Å²) in [5.74, 6) is -1.43. The number of nitrogens with zero attached hydrogens (tertiary/aromatic N) is 2. The topological polar surface area (TPSA) is 76.0 Å². The first kappa shape index (κ1) is 19.9. The Hall–Kier alpha value is -2.83. The van der Waals surface area contributed by atoms with Crippen molar-refractivity contribution in [3.05, 3.63) is 82.1 Å². The molecule has 144 valence electrons. The molecule has 28 heavy (non-hydrogen) atoms. The van der Waals surface area contributed by atoms with E-state index in [4.69, 9.17) is 23.2 Å². The molecule has 0 aliphatic carbocycles. The van der Waals surface area contributed by atoms with E-state index >= 15 is 0 Å². The first-order valence-corrected chi connectivity index (χ1v) is 9.36. The third kappa shape index (κ3) is 5.58. The van der Waals surface area contributed by atoms with Crippen LogP contribution in [0.4, 0.5) is 5.69 Å². The molecule has 0 aliphatic rings. The molecule has 3 aromatic rings. The average molecular weight is 417 g/mol. The quantitative estimate of drug-likeness (QED) is 0.603. The Labute approximate surface area is 172 Å². The van der Waals surface area contributed by atoms with Crippen molar-refractivity contribution in [3.8, 4) is 0 Å². The molecule has 0 bridgehead atoms. The normalized spacial score (nSPS) is 10.5. The molecule has 0 unspecified atom stereocenters. The van der Waals surface area contributed by atoms with Crippen LogP contribution >= 0.6 is 23.2 Å². The molecule has 0 spiro atoms. The van der Waals surface area contributed by atoms with E-state index in [1.807, 2.05) is 36.4 Å². The Balaban J connectivity index is 1.49. The number of carbonyl (C=O) groups is 2. The minimum atomic E-state index is -0.739. The van der Waals surface area contributed by atoms with Crippen LogP contribution in [0.2, 0.25) is 10.0 Å². The van der Waals surface area contributed by atoms with Crippen LogP contribution in [-0.2, 0) is 22.6 Å². The molecule has 8 heteroatoms. The monoisotopic (exact) mass is 416 g/mol. The van der Waals surface area contributed by atoms with Crippen molar-refractivity contribution in [3.63, 3.8) is 0 Å². The molecule has 0 aliphatic heterocycles. The van der Waals surface area contributed by atoms with Crippen molar-refractivity contribution in [1.29, 1.82) is 0 Å². The smallest absolute Gasteiger partial charge is 0.313 e. The summed E-state index contributed by atoms with van der Waals surface area (Å²) < 4.78 is 1.61. The summed E-state index contributed by atoms with van der Waals surface area (Å²) in [5.41, 5.74) is 2.35. The molecule has 2 amide bonds. The van der Waals surface area contributed by atoms with E-state index in [-0.39, 0.29) is 0 Å². The van der Waals surface area contributed by atoms with Gasteiger partial charge in [-0.3, -0.25) is 14.3 Å². The van der Waals surface area contributed by atoms with Crippen LogP contribution in [0.15, 0.2) is 60.9 Å². The molecule has 0 saturated carbocycles. The largest absolute Gasteiger partial charge is 0.347 e. The fraction of sp³-hybridized carbons (Fsp3) is 0.150. The van der Waals surface area contributed by atoms with Crippen LogP contribution in [0, 0.1) is 0 Å². The second-order valence-electron chi connectivity index (χ2n) is 6.11. The lowest BCUT2D eigenvalue weighted by molar-refractivity contribution is -0.136. The van der Waals surface area contributed by atoms with Crippen molar-refractivity contribution in [2.45, 2.75) is 13.0 Å². The zero-order valence-electron chi connectivity index (χ0n) is 14.9. The summed E-state index contributed by atoms with van der Waals surface area (Å²) in [5, 5.41) is 10.4. The third-order valence-electron chi connectivity index (χ3n) is 3.99. The van der Waals surface area contributed by atoms with Crippen molar-refractivity contribution < 1.29 is 9.59 Å². The summed E-state index contributed by atoms with van der Waals surface area (Å²) in [6, 6.07) is 14.9. The summed E-state index contributed by atoms with van der Waals surface area (Å²) in [6.07, 6.45) is 3.75. The minimum absolute atomic E-state index is 0.380. The number of hydrogen-bond acceptors (Lipinski definition) is 3. The van der Waals surface area contributed by atoms with E-state index in [1.165, 1.54) is 6.20 Å². The molecule has 2 aromatic carbocycles. The Morgan fingerprint density at radius 3 is 2.57 bits per heavy atom. The predicted octanol–water partition coefficient (Wildman–Crippen LogP) is 3.54. The molecule has 1 heterocycles. The van der Waals surface area contributed by atoms with E-state index < -0.39 is 11.8 Å². The van der Waals surface area contributed by atoms with Crippen molar-refractivity contribution in [2.75, 3.05) is 11.9 Å². The second-order valence-corrected chi connectivity index (χ2v) is 6.95. The first-order chi connectivity index (χ1) is 13.5. The number of aromatic nitrogens is 2. The lowest BCUT2D eigenvalue weighted by Gasteiger charge is -2.06. The fourth-order valence-corrected chi connectivity index (χ4v) is 3.04. The van der Waals surface area contributed by atoms with Crippen LogP contribution in [0.3, 0.4) is 0 Å². The molecular formula is C20H18Cl2N4O2. The maximum absolute atomic E-state index is 12.0. The van der Waals surface area contributed by atoms with Crippen LogP contribution in [0.25, 0.3) is 0 Å². The number of halogens is 2. The Kier molecular flexibility index (Phi) is 6.68. The van der Waals surface area contributed by atoms with E-state index in [1.54, 1.807) is 23.0 Å². The maximum Gasteiger partial charge on any atom is 0.313 e. The molecule has 0 saturated heterocycles.